The van der Waals surface area contributed by atoms with E-state index in [2.05, 4.69) is 4.98 Å². The Kier molecular flexibility index (Phi) is 9.12. The number of ether oxygens (including phenoxy) is 1. The fourth-order valence-electron chi connectivity index (χ4n) is 6.67. The molecule has 48 heavy (non-hydrogen) atoms. The number of hydrogen-bond donors (Lipinski definition) is 2. The molecule has 2 aromatic heterocycles. The number of fused-ring (bicyclic) bond motifs is 8. The highest BCUT2D eigenvalue weighted by Crippen LogP contribution is 2.38. The number of aromatic amines is 1. The molecule has 5 aromatic rings. The Labute approximate surface area is 277 Å². The van der Waals surface area contributed by atoms with Gasteiger partial charge in [0.2, 0.25) is 0 Å². The van der Waals surface area contributed by atoms with E-state index in [1.165, 1.54) is 28.9 Å². The maximum absolute atomic E-state index is 15.6. The number of sulfone groups is 1. The molecule has 4 bridgehead atoms. The molecule has 0 amide bonds. The molecule has 12 heteroatoms. The summed E-state index contributed by atoms with van der Waals surface area (Å²) in [6, 6.07) is 14.8. The van der Waals surface area contributed by atoms with Crippen LogP contribution >= 0.6 is 0 Å². The Morgan fingerprint density at radius 1 is 1.12 bits per heavy atom. The van der Waals surface area contributed by atoms with Crippen LogP contribution in [0.4, 0.5) is 8.78 Å². The minimum Gasteiger partial charge on any atom is -0.481 e. The zero-order valence-corrected chi connectivity index (χ0v) is 27.9. The van der Waals surface area contributed by atoms with Crippen LogP contribution in [0.2, 0.25) is 0 Å². The van der Waals surface area contributed by atoms with Gasteiger partial charge in [-0.3, -0.25) is 4.79 Å². The molecule has 0 aliphatic carbocycles. The van der Waals surface area contributed by atoms with Gasteiger partial charge in [0.05, 0.1) is 17.1 Å². The lowest BCUT2D eigenvalue weighted by Crippen LogP contribution is -2.27. The Bertz CT molecular complexity index is 2100. The molecule has 3 aromatic carbocycles. The van der Waals surface area contributed by atoms with Crippen molar-refractivity contribution >= 4 is 26.7 Å². The maximum Gasteiger partial charge on any atom is 0.303 e. The van der Waals surface area contributed by atoms with Crippen LogP contribution in [0, 0.1) is 17.0 Å². The summed E-state index contributed by atoms with van der Waals surface area (Å²) < 4.78 is 65.7. The van der Waals surface area contributed by atoms with Gasteiger partial charge in [0.25, 0.3) is 0 Å². The van der Waals surface area contributed by atoms with Crippen molar-refractivity contribution in [1.29, 1.82) is 0 Å². The Morgan fingerprint density at radius 2 is 1.94 bits per heavy atom. The largest absolute Gasteiger partial charge is 0.481 e. The number of halogens is 2. The van der Waals surface area contributed by atoms with Gasteiger partial charge in [-0.05, 0) is 66.5 Å². The maximum atomic E-state index is 15.6. The van der Waals surface area contributed by atoms with Crippen LogP contribution in [0.3, 0.4) is 0 Å². The second-order valence-electron chi connectivity index (χ2n) is 13.4. The number of H-pyrrole nitrogens is 1. The van der Waals surface area contributed by atoms with Crippen LogP contribution < -0.4 is 4.74 Å². The fourth-order valence-corrected chi connectivity index (χ4v) is 8.66. The third kappa shape index (κ3) is 7.28. The molecule has 2 N–H and O–H groups in total. The second kappa shape index (κ2) is 13.1. The minimum atomic E-state index is -3.57. The van der Waals surface area contributed by atoms with E-state index in [0.29, 0.717) is 48.0 Å². The first-order valence-corrected chi connectivity index (χ1v) is 17.8. The summed E-state index contributed by atoms with van der Waals surface area (Å²) in [6.07, 6.45) is 3.86. The van der Waals surface area contributed by atoms with E-state index >= 15 is 8.78 Å². The standard InChI is InChI=1S/C36H38F2N4O5S/c1-36(2)15-5-8-25(23-7-4-6-22(18-23)9-12-32(43)44)34-40-35(42(3)41-34)28-19-24(10-11-29(28)37)47-33-27(14-17-48(45,46)21-36)26-13-16-39-31(26)20-30(33)38/h4,6-7,10-11,13,16,18-20,25,39H,5,8-9,12,14-15,17,21H2,1-3H3,(H,43,44). The zero-order chi connectivity index (χ0) is 34.2. The molecule has 1 aliphatic heterocycles. The lowest BCUT2D eigenvalue weighted by Gasteiger charge is -2.25. The number of rotatable bonds is 4. The van der Waals surface area contributed by atoms with Crippen molar-refractivity contribution in [3.05, 3.63) is 94.9 Å². The quantitative estimate of drug-likeness (QED) is 0.204. The van der Waals surface area contributed by atoms with Crippen LogP contribution in [0.1, 0.15) is 68.0 Å². The van der Waals surface area contributed by atoms with Gasteiger partial charge >= 0.3 is 5.97 Å². The van der Waals surface area contributed by atoms with Gasteiger partial charge in [-0.15, -0.1) is 0 Å². The number of carbonyl (C=O) groups is 1. The van der Waals surface area contributed by atoms with Crippen LogP contribution in [-0.4, -0.2) is 50.7 Å². The first-order valence-electron chi connectivity index (χ1n) is 16.0. The fraction of sp³-hybridized carbons (Fsp3) is 0.361. The van der Waals surface area contributed by atoms with Crippen LogP contribution in [0.25, 0.3) is 22.3 Å². The highest BCUT2D eigenvalue weighted by molar-refractivity contribution is 7.91. The Morgan fingerprint density at radius 3 is 2.73 bits per heavy atom. The topological polar surface area (TPSA) is 127 Å². The average molecular weight is 677 g/mol. The van der Waals surface area contributed by atoms with Crippen LogP contribution in [0.5, 0.6) is 11.5 Å². The van der Waals surface area contributed by atoms with Gasteiger partial charge in [0.15, 0.2) is 33.1 Å². The SMILES string of the molecule is Cn1nc2nc1-c1cc(ccc1F)Oc1c(F)cc3[nH]ccc3c1CCS(=O)(=O)CC(C)(C)CCCC2c1cccc(CCC(=O)O)c1. The summed E-state index contributed by atoms with van der Waals surface area (Å²) in [5.41, 5.74) is 2.22. The zero-order valence-electron chi connectivity index (χ0n) is 27.1. The lowest BCUT2D eigenvalue weighted by molar-refractivity contribution is -0.136. The molecule has 1 unspecified atom stereocenters. The summed E-state index contributed by atoms with van der Waals surface area (Å²) in [4.78, 5) is 19.0. The molecule has 9 nitrogen and oxygen atoms in total. The highest BCUT2D eigenvalue weighted by Gasteiger charge is 2.29. The number of aryl methyl sites for hydroxylation is 3. The molecule has 0 radical (unpaired) electrons. The summed E-state index contributed by atoms with van der Waals surface area (Å²) in [6.45, 7) is 3.86. The predicted octanol–water partition coefficient (Wildman–Crippen LogP) is 7.35. The third-order valence-corrected chi connectivity index (χ3v) is 11.0. The number of aliphatic carboxylic acids is 1. The molecule has 0 spiro atoms. The van der Waals surface area contributed by atoms with E-state index in [-0.39, 0.29) is 53.2 Å². The van der Waals surface area contributed by atoms with E-state index < -0.39 is 32.9 Å². The molecule has 0 saturated carbocycles. The van der Waals surface area contributed by atoms with Crippen molar-refractivity contribution in [2.75, 3.05) is 11.5 Å². The van der Waals surface area contributed by atoms with E-state index in [1.807, 2.05) is 38.1 Å². The second-order valence-corrected chi connectivity index (χ2v) is 15.5. The Hall–Kier alpha value is -4.58. The smallest absolute Gasteiger partial charge is 0.303 e. The van der Waals surface area contributed by atoms with E-state index in [4.69, 9.17) is 14.8 Å². The van der Waals surface area contributed by atoms with Gasteiger partial charge in [-0.1, -0.05) is 44.5 Å². The minimum absolute atomic E-state index is 0.00903. The number of hydrogen-bond acceptors (Lipinski definition) is 6. The number of carboxylic acid groups (broad SMARTS) is 1. The number of nitrogens with one attached hydrogen (secondary N) is 1. The molecular weight excluding hydrogens is 638 g/mol. The van der Waals surface area contributed by atoms with Crippen molar-refractivity contribution in [1.82, 2.24) is 19.7 Å². The van der Waals surface area contributed by atoms with Crippen LogP contribution in [0.15, 0.2) is 60.8 Å². The molecule has 6 rings (SSSR count). The van der Waals surface area contributed by atoms with Gasteiger partial charge in [0.1, 0.15) is 11.6 Å². The lowest BCUT2D eigenvalue weighted by atomic mass is 9.85. The summed E-state index contributed by atoms with van der Waals surface area (Å²) in [5.74, 6) is -1.96. The van der Waals surface area contributed by atoms with Gasteiger partial charge in [0, 0.05) is 48.1 Å². The first-order chi connectivity index (χ1) is 22.8. The van der Waals surface area contributed by atoms with Crippen molar-refractivity contribution in [3.63, 3.8) is 0 Å². The van der Waals surface area contributed by atoms with Crippen molar-refractivity contribution in [2.24, 2.45) is 12.5 Å². The molecule has 1 atom stereocenters. The number of carboxylic acids is 1. The molecule has 252 valence electrons. The van der Waals surface area contributed by atoms with E-state index in [0.717, 1.165) is 11.1 Å². The third-order valence-electron chi connectivity index (χ3n) is 8.96. The van der Waals surface area contributed by atoms with Crippen molar-refractivity contribution in [2.45, 2.75) is 58.3 Å². The molecule has 0 fully saturated rings. The molecule has 0 saturated heterocycles. The predicted molar refractivity (Wildman–Crippen MR) is 179 cm³/mol. The molecule has 1 aliphatic rings. The normalized spacial score (nSPS) is 18.0. The van der Waals surface area contributed by atoms with Crippen molar-refractivity contribution in [3.8, 4) is 22.9 Å². The molecule has 3 heterocycles. The Balaban J connectivity index is 1.47. The van der Waals surface area contributed by atoms with E-state index in [9.17, 15) is 18.3 Å². The summed E-state index contributed by atoms with van der Waals surface area (Å²) in [5, 5.41) is 14.6. The highest BCUT2D eigenvalue weighted by atomic mass is 32.2. The number of benzene rings is 3. The first kappa shape index (κ1) is 33.3. The molecular formula is C36H38F2N4O5S. The van der Waals surface area contributed by atoms with Crippen molar-refractivity contribution < 1.29 is 31.8 Å². The van der Waals surface area contributed by atoms with E-state index in [1.54, 1.807) is 19.3 Å². The number of nitrogens with zero attached hydrogens (tertiary/aromatic N) is 3. The summed E-state index contributed by atoms with van der Waals surface area (Å²) >= 11 is 0. The van der Waals surface area contributed by atoms with Gasteiger partial charge in [-0.2, -0.15) is 5.10 Å². The van der Waals surface area contributed by atoms with Gasteiger partial charge < -0.3 is 14.8 Å². The van der Waals surface area contributed by atoms with Gasteiger partial charge in [-0.25, -0.2) is 26.9 Å². The monoisotopic (exact) mass is 676 g/mol. The number of aromatic nitrogens is 4. The van der Waals surface area contributed by atoms with Crippen LogP contribution in [-0.2, 0) is 34.5 Å². The average Bonchev–Trinajstić information content (AvgIpc) is 3.64. The summed E-state index contributed by atoms with van der Waals surface area (Å²) in [7, 11) is -1.90.